The van der Waals surface area contributed by atoms with Gasteiger partial charge in [-0.25, -0.2) is 0 Å². The summed E-state index contributed by atoms with van der Waals surface area (Å²) in [7, 11) is 0. The van der Waals surface area contributed by atoms with E-state index in [1.54, 1.807) is 17.3 Å². The molecule has 1 saturated heterocycles. The topological polar surface area (TPSA) is 62.3 Å². The van der Waals surface area contributed by atoms with Crippen LogP contribution in [0.2, 0.25) is 0 Å². The van der Waals surface area contributed by atoms with Gasteiger partial charge < -0.3 is 10.2 Å². The van der Waals surface area contributed by atoms with Gasteiger partial charge in [-0.15, -0.1) is 0 Å². The van der Waals surface area contributed by atoms with E-state index in [2.05, 4.69) is 22.4 Å². The number of rotatable bonds is 7. The molecule has 1 aromatic carbocycles. The number of hydrogen-bond acceptors (Lipinski definition) is 3. The molecule has 0 aliphatic carbocycles. The zero-order valence-electron chi connectivity index (χ0n) is 14.2. The highest BCUT2D eigenvalue weighted by Crippen LogP contribution is 2.20. The first-order valence-electron chi connectivity index (χ1n) is 8.70. The van der Waals surface area contributed by atoms with Gasteiger partial charge in [0.2, 0.25) is 11.8 Å². The number of hydrogen-bond donors (Lipinski definition) is 1. The lowest BCUT2D eigenvalue weighted by atomic mass is 10.1. The van der Waals surface area contributed by atoms with E-state index in [4.69, 9.17) is 0 Å². The van der Waals surface area contributed by atoms with Gasteiger partial charge >= 0.3 is 0 Å². The number of likely N-dealkylation sites (tertiary alicyclic amines) is 1. The highest BCUT2D eigenvalue weighted by Gasteiger charge is 2.33. The molecule has 1 atom stereocenters. The molecule has 5 heteroatoms. The largest absolute Gasteiger partial charge is 0.356 e. The molecule has 0 spiro atoms. The second kappa shape index (κ2) is 8.42. The third kappa shape index (κ3) is 4.89. The van der Waals surface area contributed by atoms with E-state index >= 15 is 0 Å². The summed E-state index contributed by atoms with van der Waals surface area (Å²) in [5.74, 6) is -0.232. The number of aryl methyl sites for hydroxylation is 1. The molecule has 1 aliphatic heterocycles. The Balaban J connectivity index is 1.41. The standard InChI is InChI=1S/C20H23N3O2/c24-19-12-18(15-23(19)14-17-9-4-10-21-13-17)20(25)22-11-5-8-16-6-2-1-3-7-16/h1-4,6-7,9-10,13,18H,5,8,11-12,14-15H2,(H,22,25). The molecule has 1 unspecified atom stereocenters. The molecule has 2 aromatic rings. The number of nitrogens with zero attached hydrogens (tertiary/aromatic N) is 2. The second-order valence-corrected chi connectivity index (χ2v) is 6.42. The summed E-state index contributed by atoms with van der Waals surface area (Å²) in [6.07, 6.45) is 5.60. The maximum atomic E-state index is 12.3. The Labute approximate surface area is 148 Å². The van der Waals surface area contributed by atoms with Crippen LogP contribution in [0.5, 0.6) is 0 Å². The van der Waals surface area contributed by atoms with Crippen LogP contribution in [-0.2, 0) is 22.6 Å². The van der Waals surface area contributed by atoms with Crippen molar-refractivity contribution in [3.63, 3.8) is 0 Å². The Morgan fingerprint density at radius 2 is 1.96 bits per heavy atom. The molecule has 0 radical (unpaired) electrons. The number of amides is 2. The Bertz CT molecular complexity index is 703. The van der Waals surface area contributed by atoms with Crippen LogP contribution in [0.4, 0.5) is 0 Å². The summed E-state index contributed by atoms with van der Waals surface area (Å²) in [4.78, 5) is 30.2. The highest BCUT2D eigenvalue weighted by atomic mass is 16.2. The van der Waals surface area contributed by atoms with Gasteiger partial charge in [0.15, 0.2) is 0 Å². The molecular weight excluding hydrogens is 314 g/mol. The first kappa shape index (κ1) is 17.1. The number of carbonyl (C=O) groups excluding carboxylic acids is 2. The van der Waals surface area contributed by atoms with Crippen molar-refractivity contribution in [2.45, 2.75) is 25.8 Å². The van der Waals surface area contributed by atoms with Crippen molar-refractivity contribution in [1.29, 1.82) is 0 Å². The van der Waals surface area contributed by atoms with Crippen LogP contribution in [-0.4, -0.2) is 34.8 Å². The molecule has 1 aliphatic rings. The van der Waals surface area contributed by atoms with Gasteiger partial charge in [-0.05, 0) is 30.0 Å². The van der Waals surface area contributed by atoms with E-state index < -0.39 is 0 Å². The van der Waals surface area contributed by atoms with Gasteiger partial charge in [-0.1, -0.05) is 36.4 Å². The summed E-state index contributed by atoms with van der Waals surface area (Å²) in [6.45, 7) is 1.64. The number of pyridine rings is 1. The van der Waals surface area contributed by atoms with Gasteiger partial charge in [0.05, 0.1) is 5.92 Å². The second-order valence-electron chi connectivity index (χ2n) is 6.42. The average molecular weight is 337 g/mol. The SMILES string of the molecule is O=C(NCCCc1ccccc1)C1CC(=O)N(Cc2cccnc2)C1. The molecule has 130 valence electrons. The Morgan fingerprint density at radius 1 is 1.16 bits per heavy atom. The van der Waals surface area contributed by atoms with Gasteiger partial charge in [-0.2, -0.15) is 0 Å². The van der Waals surface area contributed by atoms with E-state index in [0.29, 0.717) is 26.1 Å². The van der Waals surface area contributed by atoms with E-state index in [1.165, 1.54) is 5.56 Å². The molecular formula is C20H23N3O2. The molecule has 1 fully saturated rings. The van der Waals surface area contributed by atoms with E-state index in [1.807, 2.05) is 30.3 Å². The average Bonchev–Trinajstić information content (AvgIpc) is 3.01. The molecule has 25 heavy (non-hydrogen) atoms. The third-order valence-electron chi connectivity index (χ3n) is 4.47. The Hall–Kier alpha value is -2.69. The van der Waals surface area contributed by atoms with Gasteiger partial charge in [0.1, 0.15) is 0 Å². The van der Waals surface area contributed by atoms with Gasteiger partial charge in [0.25, 0.3) is 0 Å². The van der Waals surface area contributed by atoms with Crippen molar-refractivity contribution in [2.24, 2.45) is 5.92 Å². The van der Waals surface area contributed by atoms with E-state index in [9.17, 15) is 9.59 Å². The molecule has 1 N–H and O–H groups in total. The number of aromatic nitrogens is 1. The van der Waals surface area contributed by atoms with Crippen LogP contribution in [0.25, 0.3) is 0 Å². The van der Waals surface area contributed by atoms with Crippen LogP contribution in [0.3, 0.4) is 0 Å². The smallest absolute Gasteiger partial charge is 0.225 e. The van der Waals surface area contributed by atoms with Crippen LogP contribution < -0.4 is 5.32 Å². The lowest BCUT2D eigenvalue weighted by Crippen LogP contribution is -2.33. The third-order valence-corrected chi connectivity index (χ3v) is 4.47. The predicted molar refractivity (Wildman–Crippen MR) is 95.5 cm³/mol. The highest BCUT2D eigenvalue weighted by molar-refractivity contribution is 5.89. The molecule has 0 saturated carbocycles. The molecule has 1 aromatic heterocycles. The van der Waals surface area contributed by atoms with Crippen molar-refractivity contribution in [3.05, 3.63) is 66.0 Å². The fraction of sp³-hybridized carbons (Fsp3) is 0.350. The minimum absolute atomic E-state index is 0.0184. The minimum Gasteiger partial charge on any atom is -0.356 e. The normalized spacial score (nSPS) is 16.9. The number of carbonyl (C=O) groups is 2. The monoisotopic (exact) mass is 337 g/mol. The van der Waals surface area contributed by atoms with E-state index in [-0.39, 0.29) is 17.7 Å². The lowest BCUT2D eigenvalue weighted by molar-refractivity contribution is -0.129. The summed E-state index contributed by atoms with van der Waals surface area (Å²) >= 11 is 0. The van der Waals surface area contributed by atoms with Crippen molar-refractivity contribution < 1.29 is 9.59 Å². The summed E-state index contributed by atoms with van der Waals surface area (Å²) in [5.41, 5.74) is 2.26. The van der Waals surface area contributed by atoms with Crippen molar-refractivity contribution >= 4 is 11.8 Å². The molecule has 2 amide bonds. The van der Waals surface area contributed by atoms with Gasteiger partial charge in [-0.3, -0.25) is 14.6 Å². The Morgan fingerprint density at radius 3 is 2.72 bits per heavy atom. The number of nitrogens with one attached hydrogen (secondary N) is 1. The first-order valence-corrected chi connectivity index (χ1v) is 8.70. The number of benzene rings is 1. The fourth-order valence-electron chi connectivity index (χ4n) is 3.11. The van der Waals surface area contributed by atoms with Crippen molar-refractivity contribution in [2.75, 3.05) is 13.1 Å². The summed E-state index contributed by atoms with van der Waals surface area (Å²) in [5, 5.41) is 2.97. The van der Waals surface area contributed by atoms with Crippen LogP contribution in [0, 0.1) is 5.92 Å². The zero-order valence-corrected chi connectivity index (χ0v) is 14.2. The zero-order chi connectivity index (χ0) is 17.5. The predicted octanol–water partition coefficient (Wildman–Crippen LogP) is 2.18. The van der Waals surface area contributed by atoms with Crippen LogP contribution >= 0.6 is 0 Å². The van der Waals surface area contributed by atoms with Crippen LogP contribution in [0.15, 0.2) is 54.9 Å². The molecule has 2 heterocycles. The van der Waals surface area contributed by atoms with Crippen LogP contribution in [0.1, 0.15) is 24.0 Å². The summed E-state index contributed by atoms with van der Waals surface area (Å²) < 4.78 is 0. The lowest BCUT2D eigenvalue weighted by Gasteiger charge is -2.16. The fourth-order valence-corrected chi connectivity index (χ4v) is 3.11. The molecule has 0 bridgehead atoms. The van der Waals surface area contributed by atoms with Gasteiger partial charge in [0, 0.05) is 38.4 Å². The maximum absolute atomic E-state index is 12.3. The van der Waals surface area contributed by atoms with Crippen molar-refractivity contribution in [3.8, 4) is 0 Å². The molecule has 5 nitrogen and oxygen atoms in total. The van der Waals surface area contributed by atoms with E-state index in [0.717, 1.165) is 18.4 Å². The first-order chi connectivity index (χ1) is 12.2. The quantitative estimate of drug-likeness (QED) is 0.788. The van der Waals surface area contributed by atoms with Crippen molar-refractivity contribution in [1.82, 2.24) is 15.2 Å². The summed E-state index contributed by atoms with van der Waals surface area (Å²) in [6, 6.07) is 14.0. The molecule has 3 rings (SSSR count). The minimum atomic E-state index is -0.249. The Kier molecular flexibility index (Phi) is 5.77. The maximum Gasteiger partial charge on any atom is 0.225 e.